The standard InChI is InChI=1S/C9H14ClN2O5PS/c1-3-9(4-2,18(13,14)15)19(16,17)8-11-5-7(10)6-12-8/h5-6H,3-4H2,1-2H3,(H2,13,14,15). The van der Waals surface area contributed by atoms with Crippen LogP contribution in [0.2, 0.25) is 5.02 Å². The van der Waals surface area contributed by atoms with Crippen LogP contribution in [0.3, 0.4) is 0 Å². The molecule has 2 N–H and O–H groups in total. The van der Waals surface area contributed by atoms with Gasteiger partial charge in [0, 0.05) is 0 Å². The number of hydrogen-bond donors (Lipinski definition) is 2. The van der Waals surface area contributed by atoms with Gasteiger partial charge in [-0.15, -0.1) is 0 Å². The lowest BCUT2D eigenvalue weighted by atomic mass is 10.2. The molecule has 0 bridgehead atoms. The van der Waals surface area contributed by atoms with Crippen LogP contribution < -0.4 is 0 Å². The number of sulfone groups is 1. The Morgan fingerprint density at radius 1 is 1.26 bits per heavy atom. The first-order valence-electron chi connectivity index (χ1n) is 5.40. The summed E-state index contributed by atoms with van der Waals surface area (Å²) in [6, 6.07) is 0. The molecule has 0 spiro atoms. The van der Waals surface area contributed by atoms with Crippen LogP contribution in [0, 0.1) is 0 Å². The van der Waals surface area contributed by atoms with Gasteiger partial charge in [-0.3, -0.25) is 4.57 Å². The molecule has 1 aromatic rings. The first-order valence-corrected chi connectivity index (χ1v) is 8.87. The molecule has 0 saturated heterocycles. The first kappa shape index (κ1) is 16.5. The zero-order chi connectivity index (χ0) is 14.9. The molecule has 0 atom stereocenters. The lowest BCUT2D eigenvalue weighted by Gasteiger charge is -2.30. The maximum Gasteiger partial charge on any atom is 0.347 e. The number of nitrogens with zero attached hydrogens (tertiary/aromatic N) is 2. The minimum atomic E-state index is -4.91. The monoisotopic (exact) mass is 328 g/mol. The van der Waals surface area contributed by atoms with E-state index in [0.29, 0.717) is 0 Å². The van der Waals surface area contributed by atoms with Crippen molar-refractivity contribution in [1.82, 2.24) is 9.97 Å². The fourth-order valence-electron chi connectivity index (χ4n) is 1.81. The number of aromatic nitrogens is 2. The lowest BCUT2D eigenvalue weighted by Crippen LogP contribution is -2.38. The molecule has 108 valence electrons. The minimum absolute atomic E-state index is 0.133. The molecular weight excluding hydrogens is 315 g/mol. The van der Waals surface area contributed by atoms with Gasteiger partial charge in [-0.25, -0.2) is 18.4 Å². The SMILES string of the molecule is CCC(CC)(P(=O)(O)O)S(=O)(=O)c1ncc(Cl)cn1. The molecule has 0 aliphatic rings. The summed E-state index contributed by atoms with van der Waals surface area (Å²) in [5.41, 5.74) is 0. The fraction of sp³-hybridized carbons (Fsp3) is 0.556. The highest BCUT2D eigenvalue weighted by molar-refractivity contribution is 7.99. The van der Waals surface area contributed by atoms with E-state index < -0.39 is 27.1 Å². The van der Waals surface area contributed by atoms with Crippen molar-refractivity contribution in [3.63, 3.8) is 0 Å². The number of halogens is 1. The maximum absolute atomic E-state index is 12.4. The van der Waals surface area contributed by atoms with Crippen molar-refractivity contribution in [2.75, 3.05) is 0 Å². The topological polar surface area (TPSA) is 117 Å². The molecule has 0 saturated carbocycles. The van der Waals surface area contributed by atoms with E-state index in [2.05, 4.69) is 9.97 Å². The highest BCUT2D eigenvalue weighted by atomic mass is 35.5. The van der Waals surface area contributed by atoms with Gasteiger partial charge in [-0.05, 0) is 12.8 Å². The summed E-state index contributed by atoms with van der Waals surface area (Å²) in [5, 5.41) is -0.502. The van der Waals surface area contributed by atoms with Gasteiger partial charge in [0.15, 0.2) is 4.49 Å². The second-order valence-corrected chi connectivity index (χ2v) is 8.72. The van der Waals surface area contributed by atoms with Crippen molar-refractivity contribution in [1.29, 1.82) is 0 Å². The van der Waals surface area contributed by atoms with Crippen LogP contribution in [0.15, 0.2) is 17.6 Å². The van der Waals surface area contributed by atoms with Crippen molar-refractivity contribution in [2.24, 2.45) is 0 Å². The van der Waals surface area contributed by atoms with E-state index in [4.69, 9.17) is 11.6 Å². The average Bonchev–Trinajstić information content (AvgIpc) is 2.29. The zero-order valence-electron chi connectivity index (χ0n) is 10.3. The molecule has 0 aliphatic carbocycles. The first-order chi connectivity index (χ1) is 8.62. The van der Waals surface area contributed by atoms with E-state index in [1.807, 2.05) is 0 Å². The highest BCUT2D eigenvalue weighted by Crippen LogP contribution is 2.58. The molecule has 10 heteroatoms. The smallest absolute Gasteiger partial charge is 0.323 e. The van der Waals surface area contributed by atoms with Gasteiger partial charge >= 0.3 is 7.60 Å². The van der Waals surface area contributed by atoms with Gasteiger partial charge < -0.3 is 9.79 Å². The Hall–Kier alpha value is -0.530. The summed E-state index contributed by atoms with van der Waals surface area (Å²) in [5.74, 6) is 0. The lowest BCUT2D eigenvalue weighted by molar-refractivity contribution is 0.341. The third-order valence-corrected chi connectivity index (χ3v) is 8.57. The number of hydrogen-bond acceptors (Lipinski definition) is 5. The predicted molar refractivity (Wildman–Crippen MR) is 69.6 cm³/mol. The summed E-state index contributed by atoms with van der Waals surface area (Å²) < 4.78 is 34.2. The van der Waals surface area contributed by atoms with Gasteiger partial charge in [0.2, 0.25) is 15.0 Å². The normalized spacial score (nSPS) is 13.5. The van der Waals surface area contributed by atoms with Gasteiger partial charge in [-0.2, -0.15) is 0 Å². The van der Waals surface area contributed by atoms with Gasteiger partial charge in [-0.1, -0.05) is 25.4 Å². The Morgan fingerprint density at radius 3 is 2.00 bits per heavy atom. The van der Waals surface area contributed by atoms with Crippen molar-refractivity contribution in [3.05, 3.63) is 17.4 Å². The van der Waals surface area contributed by atoms with Crippen LogP contribution in [0.5, 0.6) is 0 Å². The highest BCUT2D eigenvalue weighted by Gasteiger charge is 2.56. The third-order valence-electron chi connectivity index (χ3n) is 2.97. The largest absolute Gasteiger partial charge is 0.347 e. The molecule has 0 unspecified atom stereocenters. The van der Waals surface area contributed by atoms with Crippen molar-refractivity contribution in [3.8, 4) is 0 Å². The quantitative estimate of drug-likeness (QED) is 0.622. The molecular formula is C9H14ClN2O5PS. The van der Waals surface area contributed by atoms with Crippen LogP contribution in [0.4, 0.5) is 0 Å². The summed E-state index contributed by atoms with van der Waals surface area (Å²) >= 11 is 5.56. The van der Waals surface area contributed by atoms with Crippen LogP contribution in [-0.2, 0) is 14.4 Å². The molecule has 1 aromatic heterocycles. The van der Waals surface area contributed by atoms with Crippen molar-refractivity contribution < 1.29 is 22.8 Å². The van der Waals surface area contributed by atoms with E-state index >= 15 is 0 Å². The zero-order valence-corrected chi connectivity index (χ0v) is 12.8. The molecule has 0 radical (unpaired) electrons. The van der Waals surface area contributed by atoms with Gasteiger partial charge in [0.1, 0.15) is 0 Å². The van der Waals surface area contributed by atoms with Crippen molar-refractivity contribution in [2.45, 2.75) is 36.3 Å². The van der Waals surface area contributed by atoms with E-state index in [-0.39, 0.29) is 17.9 Å². The molecule has 1 rings (SSSR count). The molecule has 0 aliphatic heterocycles. The van der Waals surface area contributed by atoms with E-state index in [1.54, 1.807) is 0 Å². The second kappa shape index (κ2) is 5.46. The maximum atomic E-state index is 12.4. The number of rotatable bonds is 5. The Morgan fingerprint density at radius 2 is 1.68 bits per heavy atom. The summed E-state index contributed by atoms with van der Waals surface area (Å²) in [6.07, 6.45) is 1.64. The Kier molecular flexibility index (Phi) is 4.75. The van der Waals surface area contributed by atoms with Gasteiger partial charge in [0.25, 0.3) is 0 Å². The van der Waals surface area contributed by atoms with Crippen LogP contribution in [0.25, 0.3) is 0 Å². The summed E-state index contributed by atoms with van der Waals surface area (Å²) in [7, 11) is -9.29. The summed E-state index contributed by atoms with van der Waals surface area (Å²) in [6.45, 7) is 2.80. The van der Waals surface area contributed by atoms with Crippen LogP contribution in [0.1, 0.15) is 26.7 Å². The van der Waals surface area contributed by atoms with Crippen LogP contribution in [-0.4, -0.2) is 32.7 Å². The van der Waals surface area contributed by atoms with Crippen molar-refractivity contribution >= 4 is 29.0 Å². The summed E-state index contributed by atoms with van der Waals surface area (Å²) in [4.78, 5) is 26.0. The molecule has 7 nitrogen and oxygen atoms in total. The van der Waals surface area contributed by atoms with Crippen LogP contribution >= 0.6 is 19.2 Å². The molecule has 0 aromatic carbocycles. The van der Waals surface area contributed by atoms with E-state index in [0.717, 1.165) is 12.4 Å². The fourth-order valence-corrected chi connectivity index (χ4v) is 5.71. The van der Waals surface area contributed by atoms with E-state index in [9.17, 15) is 22.8 Å². The molecule has 19 heavy (non-hydrogen) atoms. The average molecular weight is 329 g/mol. The third kappa shape index (κ3) is 2.68. The Balaban J connectivity index is 3.54. The van der Waals surface area contributed by atoms with E-state index in [1.165, 1.54) is 13.8 Å². The Bertz CT molecular complexity index is 594. The second-order valence-electron chi connectivity index (χ2n) is 3.88. The Labute approximate surface area is 116 Å². The molecule has 0 amide bonds. The molecule has 1 heterocycles. The predicted octanol–water partition coefficient (Wildman–Crippen LogP) is 1.60. The van der Waals surface area contributed by atoms with Gasteiger partial charge in [0.05, 0.1) is 17.4 Å². The minimum Gasteiger partial charge on any atom is -0.323 e. The molecule has 0 fully saturated rings.